The second kappa shape index (κ2) is 11.9. The molecule has 1 aromatic rings. The van der Waals surface area contributed by atoms with Crippen LogP contribution in [-0.2, 0) is 20.7 Å². The highest BCUT2D eigenvalue weighted by molar-refractivity contribution is 5.85. The number of rotatable bonds is 9. The van der Waals surface area contributed by atoms with E-state index in [4.69, 9.17) is 5.73 Å². The van der Waals surface area contributed by atoms with Crippen molar-refractivity contribution in [2.75, 3.05) is 13.7 Å². The molecule has 0 bridgehead atoms. The zero-order valence-electron chi connectivity index (χ0n) is 15.7. The van der Waals surface area contributed by atoms with Gasteiger partial charge >= 0.3 is 5.97 Å². The van der Waals surface area contributed by atoms with Gasteiger partial charge in [-0.25, -0.2) is 0 Å². The maximum Gasteiger partial charge on any atom is 0.305 e. The molecule has 3 N–H and O–H groups in total. The van der Waals surface area contributed by atoms with E-state index in [-0.39, 0.29) is 24.3 Å². The molecular formula is C19H31ClN2O3. The highest BCUT2D eigenvalue weighted by Crippen LogP contribution is 2.17. The lowest BCUT2D eigenvalue weighted by atomic mass is 9.94. The molecule has 0 saturated carbocycles. The first-order valence-electron chi connectivity index (χ1n) is 8.52. The van der Waals surface area contributed by atoms with Gasteiger partial charge in [-0.15, -0.1) is 12.4 Å². The zero-order valence-corrected chi connectivity index (χ0v) is 16.5. The number of hydrogen-bond acceptors (Lipinski definition) is 4. The van der Waals surface area contributed by atoms with E-state index in [9.17, 15) is 9.59 Å². The molecular weight excluding hydrogens is 340 g/mol. The van der Waals surface area contributed by atoms with Crippen LogP contribution < -0.4 is 11.1 Å². The molecule has 0 aromatic heterocycles. The number of nitrogens with two attached hydrogens (primary N) is 1. The minimum absolute atomic E-state index is 0. The second-order valence-electron chi connectivity index (χ2n) is 6.37. The Hall–Kier alpha value is -1.59. The predicted octanol–water partition coefficient (Wildman–Crippen LogP) is 2.75. The monoisotopic (exact) mass is 370 g/mol. The van der Waals surface area contributed by atoms with Crippen molar-refractivity contribution in [1.29, 1.82) is 0 Å². The van der Waals surface area contributed by atoms with Crippen molar-refractivity contribution in [3.05, 3.63) is 34.4 Å². The Labute approximate surface area is 157 Å². The lowest BCUT2D eigenvalue weighted by molar-refractivity contribution is -0.140. The molecule has 1 rings (SSSR count). The second-order valence-corrected chi connectivity index (χ2v) is 6.37. The summed E-state index contributed by atoms with van der Waals surface area (Å²) in [7, 11) is 1.39. The molecule has 0 saturated heterocycles. The lowest BCUT2D eigenvalue weighted by Crippen LogP contribution is -2.42. The van der Waals surface area contributed by atoms with Gasteiger partial charge in [0.1, 0.15) is 0 Å². The average molecular weight is 371 g/mol. The van der Waals surface area contributed by atoms with Crippen molar-refractivity contribution in [2.24, 2.45) is 5.73 Å². The third-order valence-electron chi connectivity index (χ3n) is 4.19. The highest BCUT2D eigenvalue weighted by atomic mass is 35.5. The number of carbonyl (C=O) groups excluding carboxylic acids is 2. The van der Waals surface area contributed by atoms with Crippen LogP contribution in [0.3, 0.4) is 0 Å². The van der Waals surface area contributed by atoms with Gasteiger partial charge in [-0.3, -0.25) is 9.59 Å². The van der Waals surface area contributed by atoms with E-state index in [0.29, 0.717) is 19.4 Å². The number of esters is 1. The van der Waals surface area contributed by atoms with Crippen LogP contribution in [-0.4, -0.2) is 31.6 Å². The van der Waals surface area contributed by atoms with Gasteiger partial charge in [-0.2, -0.15) is 0 Å². The van der Waals surface area contributed by atoms with E-state index in [2.05, 4.69) is 43.0 Å². The standard InChI is InChI=1S/C19H30N2O3.ClH/c1-13-10-14(2)16(15(3)11-13)12-17(20)19(23)21-9-7-5-6-8-18(22)24-4;/h10-11,17H,5-9,12,20H2,1-4H3,(H,21,23);1H. The van der Waals surface area contributed by atoms with Crippen LogP contribution in [0.15, 0.2) is 12.1 Å². The van der Waals surface area contributed by atoms with E-state index < -0.39 is 6.04 Å². The van der Waals surface area contributed by atoms with Gasteiger partial charge < -0.3 is 15.8 Å². The molecule has 1 amide bonds. The summed E-state index contributed by atoms with van der Waals surface area (Å²) in [4.78, 5) is 23.1. The number of benzene rings is 1. The fourth-order valence-corrected chi connectivity index (χ4v) is 2.86. The molecule has 1 aromatic carbocycles. The van der Waals surface area contributed by atoms with Gasteiger partial charge in [-0.1, -0.05) is 24.1 Å². The SMILES string of the molecule is COC(=O)CCCCCNC(=O)C(N)Cc1c(C)cc(C)cc1C.Cl. The normalized spacial score (nSPS) is 11.4. The van der Waals surface area contributed by atoms with Crippen LogP contribution in [0.1, 0.15) is 47.9 Å². The Morgan fingerprint density at radius 2 is 1.72 bits per heavy atom. The molecule has 1 atom stereocenters. The van der Waals surface area contributed by atoms with E-state index in [1.807, 2.05) is 0 Å². The van der Waals surface area contributed by atoms with Crippen molar-refractivity contribution in [3.63, 3.8) is 0 Å². The van der Waals surface area contributed by atoms with Crippen molar-refractivity contribution in [3.8, 4) is 0 Å². The molecule has 0 heterocycles. The van der Waals surface area contributed by atoms with Gasteiger partial charge in [0, 0.05) is 13.0 Å². The summed E-state index contributed by atoms with van der Waals surface area (Å²) in [6.45, 7) is 6.76. The molecule has 5 nitrogen and oxygen atoms in total. The van der Waals surface area contributed by atoms with Crippen LogP contribution in [0, 0.1) is 20.8 Å². The summed E-state index contributed by atoms with van der Waals surface area (Å²) >= 11 is 0. The quantitative estimate of drug-likeness (QED) is 0.517. The Morgan fingerprint density at radius 3 is 2.28 bits per heavy atom. The summed E-state index contributed by atoms with van der Waals surface area (Å²) in [5, 5.41) is 2.87. The number of halogens is 1. The molecule has 142 valence electrons. The fourth-order valence-electron chi connectivity index (χ4n) is 2.86. The topological polar surface area (TPSA) is 81.4 Å². The third kappa shape index (κ3) is 8.36. The number of nitrogens with one attached hydrogen (secondary N) is 1. The Bertz CT molecular complexity index is 553. The smallest absolute Gasteiger partial charge is 0.305 e. The van der Waals surface area contributed by atoms with Crippen LogP contribution in [0.4, 0.5) is 0 Å². The Balaban J connectivity index is 0.00000576. The summed E-state index contributed by atoms with van der Waals surface area (Å²) in [5.41, 5.74) is 10.8. The number of aryl methyl sites for hydroxylation is 3. The van der Waals surface area contributed by atoms with Crippen molar-refractivity contribution in [1.82, 2.24) is 5.32 Å². The van der Waals surface area contributed by atoms with Crippen LogP contribution in [0.25, 0.3) is 0 Å². The highest BCUT2D eigenvalue weighted by Gasteiger charge is 2.16. The zero-order chi connectivity index (χ0) is 18.1. The van der Waals surface area contributed by atoms with Gasteiger partial charge in [0.2, 0.25) is 5.91 Å². The number of methoxy groups -OCH3 is 1. The number of carbonyl (C=O) groups is 2. The van der Waals surface area contributed by atoms with Crippen LogP contribution >= 0.6 is 12.4 Å². The molecule has 0 spiro atoms. The van der Waals surface area contributed by atoms with Crippen LogP contribution in [0.5, 0.6) is 0 Å². The number of amides is 1. The lowest BCUT2D eigenvalue weighted by Gasteiger charge is -2.16. The van der Waals surface area contributed by atoms with Crippen molar-refractivity contribution in [2.45, 2.75) is 58.9 Å². The van der Waals surface area contributed by atoms with Crippen molar-refractivity contribution >= 4 is 24.3 Å². The van der Waals surface area contributed by atoms with Gasteiger partial charge in [-0.05, 0) is 56.7 Å². The molecule has 6 heteroatoms. The third-order valence-corrected chi connectivity index (χ3v) is 4.19. The summed E-state index contributed by atoms with van der Waals surface area (Å²) in [6.07, 6.45) is 3.46. The summed E-state index contributed by atoms with van der Waals surface area (Å²) in [6, 6.07) is 3.70. The Morgan fingerprint density at radius 1 is 1.12 bits per heavy atom. The van der Waals surface area contributed by atoms with Gasteiger partial charge in [0.15, 0.2) is 0 Å². The molecule has 0 aliphatic carbocycles. The van der Waals surface area contributed by atoms with E-state index in [1.165, 1.54) is 23.8 Å². The van der Waals surface area contributed by atoms with E-state index >= 15 is 0 Å². The predicted molar refractivity (Wildman–Crippen MR) is 103 cm³/mol. The molecule has 0 aliphatic rings. The largest absolute Gasteiger partial charge is 0.469 e. The van der Waals surface area contributed by atoms with Gasteiger partial charge in [0.05, 0.1) is 13.2 Å². The van der Waals surface area contributed by atoms with Crippen LogP contribution in [0.2, 0.25) is 0 Å². The first-order valence-corrected chi connectivity index (χ1v) is 8.52. The fraction of sp³-hybridized carbons (Fsp3) is 0.579. The molecule has 0 aliphatic heterocycles. The van der Waals surface area contributed by atoms with Gasteiger partial charge in [0.25, 0.3) is 0 Å². The van der Waals surface area contributed by atoms with E-state index in [0.717, 1.165) is 24.8 Å². The Kier molecular flexibility index (Phi) is 11.1. The number of hydrogen-bond donors (Lipinski definition) is 2. The number of unbranched alkanes of at least 4 members (excludes halogenated alkanes) is 2. The minimum atomic E-state index is -0.542. The molecule has 25 heavy (non-hydrogen) atoms. The van der Waals surface area contributed by atoms with E-state index in [1.54, 1.807) is 0 Å². The minimum Gasteiger partial charge on any atom is -0.469 e. The maximum atomic E-state index is 12.1. The van der Waals surface area contributed by atoms with Crippen molar-refractivity contribution < 1.29 is 14.3 Å². The molecule has 1 unspecified atom stereocenters. The maximum absolute atomic E-state index is 12.1. The molecule has 0 fully saturated rings. The molecule has 0 radical (unpaired) electrons. The first kappa shape index (κ1) is 23.4. The summed E-state index contributed by atoms with van der Waals surface area (Å²) < 4.78 is 4.58. The number of ether oxygens (including phenoxy) is 1. The average Bonchev–Trinajstić information content (AvgIpc) is 2.53. The summed E-state index contributed by atoms with van der Waals surface area (Å²) in [5.74, 6) is -0.313. The first-order chi connectivity index (χ1) is 11.3.